The molecule has 0 amide bonds. The van der Waals surface area contributed by atoms with Crippen LogP contribution >= 0.6 is 0 Å². The van der Waals surface area contributed by atoms with Crippen LogP contribution in [0, 0.1) is 6.92 Å². The molecule has 0 bridgehead atoms. The number of nitrogens with zero attached hydrogens (tertiary/aromatic N) is 3. The Morgan fingerprint density at radius 2 is 2.06 bits per heavy atom. The third kappa shape index (κ3) is 2.48. The third-order valence-electron chi connectivity index (χ3n) is 2.16. The van der Waals surface area contributed by atoms with Gasteiger partial charge in [0.25, 0.3) is 0 Å². The molecular formula is C11H13N5O. The summed E-state index contributed by atoms with van der Waals surface area (Å²) >= 11 is 0. The van der Waals surface area contributed by atoms with E-state index in [1.807, 2.05) is 19.1 Å². The molecular weight excluding hydrogens is 218 g/mol. The van der Waals surface area contributed by atoms with Crippen molar-refractivity contribution in [2.24, 2.45) is 5.84 Å². The highest BCUT2D eigenvalue weighted by atomic mass is 16.5. The van der Waals surface area contributed by atoms with Gasteiger partial charge in [0.2, 0.25) is 5.88 Å². The number of hydrogen-bond donors (Lipinski definition) is 2. The summed E-state index contributed by atoms with van der Waals surface area (Å²) in [5.74, 6) is 6.92. The van der Waals surface area contributed by atoms with Crippen molar-refractivity contribution in [1.82, 2.24) is 15.0 Å². The van der Waals surface area contributed by atoms with Gasteiger partial charge in [-0.15, -0.1) is 0 Å². The van der Waals surface area contributed by atoms with Gasteiger partial charge in [-0.3, -0.25) is 0 Å². The van der Waals surface area contributed by atoms with Gasteiger partial charge in [-0.05, 0) is 13.0 Å². The van der Waals surface area contributed by atoms with E-state index in [-0.39, 0.29) is 0 Å². The Bertz CT molecular complexity index is 529. The van der Waals surface area contributed by atoms with E-state index in [4.69, 9.17) is 10.6 Å². The highest BCUT2D eigenvalue weighted by Gasteiger charge is 2.06. The van der Waals surface area contributed by atoms with Gasteiger partial charge in [0.05, 0.1) is 7.11 Å². The second-order valence-corrected chi connectivity index (χ2v) is 3.43. The minimum Gasteiger partial charge on any atom is -0.481 e. The Hall–Kier alpha value is -2.21. The molecule has 2 aromatic rings. The first kappa shape index (κ1) is 11.3. The van der Waals surface area contributed by atoms with Gasteiger partial charge in [-0.2, -0.15) is 0 Å². The van der Waals surface area contributed by atoms with E-state index in [9.17, 15) is 0 Å². The number of aromatic nitrogens is 3. The molecule has 0 radical (unpaired) electrons. The smallest absolute Gasteiger partial charge is 0.213 e. The largest absolute Gasteiger partial charge is 0.481 e. The van der Waals surface area contributed by atoms with Crippen molar-refractivity contribution in [3.63, 3.8) is 0 Å². The fraction of sp³-hybridized carbons (Fsp3) is 0.182. The maximum atomic E-state index is 5.34. The van der Waals surface area contributed by atoms with Crippen LogP contribution < -0.4 is 16.0 Å². The van der Waals surface area contributed by atoms with Crippen molar-refractivity contribution in [2.45, 2.75) is 6.92 Å². The SMILES string of the molecule is COc1cccc(-c2nc(C)cc(NN)n2)n1. The molecule has 88 valence electrons. The minimum atomic E-state index is 0.511. The van der Waals surface area contributed by atoms with E-state index in [1.165, 1.54) is 0 Å². The number of aryl methyl sites for hydroxylation is 1. The molecule has 0 aliphatic rings. The Morgan fingerprint density at radius 3 is 2.76 bits per heavy atom. The van der Waals surface area contributed by atoms with E-state index in [1.54, 1.807) is 19.2 Å². The Balaban J connectivity index is 2.47. The summed E-state index contributed by atoms with van der Waals surface area (Å²) in [6, 6.07) is 7.17. The lowest BCUT2D eigenvalue weighted by atomic mass is 10.3. The lowest BCUT2D eigenvalue weighted by Gasteiger charge is -2.05. The third-order valence-corrected chi connectivity index (χ3v) is 2.16. The average molecular weight is 231 g/mol. The van der Waals surface area contributed by atoms with Crippen molar-refractivity contribution in [2.75, 3.05) is 12.5 Å². The van der Waals surface area contributed by atoms with Crippen LogP contribution in [0.5, 0.6) is 5.88 Å². The summed E-state index contributed by atoms with van der Waals surface area (Å²) < 4.78 is 5.06. The van der Waals surface area contributed by atoms with E-state index in [0.717, 1.165) is 5.69 Å². The highest BCUT2D eigenvalue weighted by Crippen LogP contribution is 2.17. The van der Waals surface area contributed by atoms with Crippen molar-refractivity contribution in [3.8, 4) is 17.4 Å². The van der Waals surface area contributed by atoms with Crippen molar-refractivity contribution < 1.29 is 4.74 Å². The lowest BCUT2D eigenvalue weighted by molar-refractivity contribution is 0.398. The number of anilines is 1. The molecule has 17 heavy (non-hydrogen) atoms. The molecule has 2 rings (SSSR count). The number of nitrogens with two attached hydrogens (primary N) is 1. The highest BCUT2D eigenvalue weighted by molar-refractivity contribution is 5.53. The topological polar surface area (TPSA) is 86.0 Å². The fourth-order valence-corrected chi connectivity index (χ4v) is 1.41. The zero-order valence-corrected chi connectivity index (χ0v) is 9.64. The molecule has 2 aromatic heterocycles. The van der Waals surface area contributed by atoms with Crippen LogP contribution in [0.15, 0.2) is 24.3 Å². The maximum Gasteiger partial charge on any atom is 0.213 e. The van der Waals surface area contributed by atoms with Crippen molar-refractivity contribution in [1.29, 1.82) is 0 Å². The average Bonchev–Trinajstić information content (AvgIpc) is 2.38. The Labute approximate surface area is 98.9 Å². The van der Waals surface area contributed by atoms with Gasteiger partial charge in [-0.25, -0.2) is 20.8 Å². The monoisotopic (exact) mass is 231 g/mol. The molecule has 3 N–H and O–H groups in total. The lowest BCUT2D eigenvalue weighted by Crippen LogP contribution is -2.10. The van der Waals surface area contributed by atoms with Crippen molar-refractivity contribution in [3.05, 3.63) is 30.0 Å². The molecule has 6 nitrogen and oxygen atoms in total. The molecule has 2 heterocycles. The molecule has 0 aromatic carbocycles. The predicted octanol–water partition coefficient (Wildman–Crippen LogP) is 1.14. The second-order valence-electron chi connectivity index (χ2n) is 3.43. The van der Waals surface area contributed by atoms with Crippen LogP contribution in [0.25, 0.3) is 11.5 Å². The number of rotatable bonds is 3. The van der Waals surface area contributed by atoms with Crippen LogP contribution in [0.3, 0.4) is 0 Å². The Kier molecular flexibility index (Phi) is 3.15. The fourth-order valence-electron chi connectivity index (χ4n) is 1.41. The van der Waals surface area contributed by atoms with Gasteiger partial charge in [-0.1, -0.05) is 6.07 Å². The number of ether oxygens (including phenoxy) is 1. The van der Waals surface area contributed by atoms with Gasteiger partial charge in [0.1, 0.15) is 11.5 Å². The molecule has 0 aliphatic heterocycles. The number of nitrogens with one attached hydrogen (secondary N) is 1. The van der Waals surface area contributed by atoms with E-state index >= 15 is 0 Å². The normalized spacial score (nSPS) is 10.1. The first-order chi connectivity index (χ1) is 8.22. The standard InChI is InChI=1S/C11H13N5O/c1-7-6-9(16-12)15-11(13-7)8-4-3-5-10(14-8)17-2/h3-6H,12H2,1-2H3,(H,13,15,16). The molecule has 0 saturated carbocycles. The molecule has 0 unspecified atom stereocenters. The first-order valence-electron chi connectivity index (χ1n) is 5.06. The summed E-state index contributed by atoms with van der Waals surface area (Å²) in [4.78, 5) is 12.8. The van der Waals surface area contributed by atoms with Crippen LogP contribution in [0.2, 0.25) is 0 Å². The van der Waals surface area contributed by atoms with E-state index in [0.29, 0.717) is 23.2 Å². The molecule has 0 atom stereocenters. The zero-order valence-electron chi connectivity index (χ0n) is 9.64. The minimum absolute atomic E-state index is 0.511. The van der Waals surface area contributed by atoms with Crippen LogP contribution in [-0.2, 0) is 0 Å². The number of hydrazine groups is 1. The number of nitrogen functional groups attached to an aromatic ring is 1. The Morgan fingerprint density at radius 1 is 1.24 bits per heavy atom. The summed E-state index contributed by atoms with van der Waals surface area (Å²) in [6.07, 6.45) is 0. The van der Waals surface area contributed by atoms with Gasteiger partial charge >= 0.3 is 0 Å². The first-order valence-corrected chi connectivity index (χ1v) is 5.06. The van der Waals surface area contributed by atoms with Gasteiger partial charge < -0.3 is 10.2 Å². The summed E-state index contributed by atoms with van der Waals surface area (Å²) in [5, 5.41) is 0. The molecule has 0 aliphatic carbocycles. The summed E-state index contributed by atoms with van der Waals surface area (Å²) in [5.41, 5.74) is 3.95. The summed E-state index contributed by atoms with van der Waals surface area (Å²) in [7, 11) is 1.57. The maximum absolute atomic E-state index is 5.34. The second kappa shape index (κ2) is 4.75. The quantitative estimate of drug-likeness (QED) is 0.608. The predicted molar refractivity (Wildman–Crippen MR) is 64.4 cm³/mol. The van der Waals surface area contributed by atoms with Crippen LogP contribution in [-0.4, -0.2) is 22.1 Å². The van der Waals surface area contributed by atoms with E-state index in [2.05, 4.69) is 20.4 Å². The van der Waals surface area contributed by atoms with Gasteiger partial charge in [0.15, 0.2) is 5.82 Å². The summed E-state index contributed by atoms with van der Waals surface area (Å²) in [6.45, 7) is 1.87. The number of hydrogen-bond acceptors (Lipinski definition) is 6. The van der Waals surface area contributed by atoms with Crippen molar-refractivity contribution >= 4 is 5.82 Å². The molecule has 0 spiro atoms. The van der Waals surface area contributed by atoms with Crippen LogP contribution in [0.4, 0.5) is 5.82 Å². The molecule has 0 saturated heterocycles. The van der Waals surface area contributed by atoms with E-state index < -0.39 is 0 Å². The number of methoxy groups -OCH3 is 1. The van der Waals surface area contributed by atoms with Gasteiger partial charge in [0, 0.05) is 17.8 Å². The van der Waals surface area contributed by atoms with Crippen LogP contribution in [0.1, 0.15) is 5.69 Å². The molecule has 6 heteroatoms. The number of pyridine rings is 1. The zero-order chi connectivity index (χ0) is 12.3. The molecule has 0 fully saturated rings.